The minimum Gasteiger partial charge on any atom is -0.454 e. The highest BCUT2D eigenvalue weighted by molar-refractivity contribution is 5.85. The molecule has 1 aliphatic carbocycles. The molecule has 2 heterocycles. The lowest BCUT2D eigenvalue weighted by Crippen LogP contribution is -2.52. The van der Waals surface area contributed by atoms with E-state index in [0.29, 0.717) is 6.54 Å². The summed E-state index contributed by atoms with van der Waals surface area (Å²) in [6.45, 7) is 3.05. The van der Waals surface area contributed by atoms with Gasteiger partial charge in [-0.15, -0.1) is 0 Å². The Morgan fingerprint density at radius 2 is 1.72 bits per heavy atom. The third-order valence-electron chi connectivity index (χ3n) is 7.27. The number of amides is 1. The Balaban J connectivity index is 1.45. The largest absolute Gasteiger partial charge is 0.454 e. The summed E-state index contributed by atoms with van der Waals surface area (Å²) in [5.41, 5.74) is 0.805. The molecule has 2 aliphatic heterocycles. The molecular weight excluding hydrogens is 408 g/mol. The third-order valence-corrected chi connectivity index (χ3v) is 7.27. The number of nitrogens with one attached hydrogen (secondary N) is 2. The first kappa shape index (κ1) is 22.7. The van der Waals surface area contributed by atoms with Crippen molar-refractivity contribution in [1.29, 1.82) is 0 Å². The van der Waals surface area contributed by atoms with Crippen LogP contribution in [-0.4, -0.2) is 71.0 Å². The quantitative estimate of drug-likeness (QED) is 0.517. The van der Waals surface area contributed by atoms with E-state index in [0.717, 1.165) is 75.7 Å². The first-order valence-electron chi connectivity index (χ1n) is 11.6. The molecule has 0 atom stereocenters. The highest BCUT2D eigenvalue weighted by Crippen LogP contribution is 2.41. The zero-order valence-corrected chi connectivity index (χ0v) is 19.5. The highest BCUT2D eigenvalue weighted by atomic mass is 16.7. The van der Waals surface area contributed by atoms with Crippen LogP contribution in [0, 0.1) is 5.41 Å². The summed E-state index contributed by atoms with van der Waals surface area (Å²) in [5, 5.41) is 7.00. The molecule has 2 fully saturated rings. The van der Waals surface area contributed by atoms with Gasteiger partial charge in [-0.25, -0.2) is 0 Å². The van der Waals surface area contributed by atoms with Crippen LogP contribution >= 0.6 is 0 Å². The van der Waals surface area contributed by atoms with E-state index in [2.05, 4.69) is 27.8 Å². The van der Waals surface area contributed by atoms with Crippen LogP contribution in [0.15, 0.2) is 23.2 Å². The SMILES string of the molecule is CN=C(NCC1(C(=O)N(C)C)CCCC1)NCC1(c2ccc3c(c2)OCO3)CCOCC1. The zero-order chi connectivity index (χ0) is 22.6. The van der Waals surface area contributed by atoms with Crippen LogP contribution in [0.4, 0.5) is 0 Å². The first-order valence-corrected chi connectivity index (χ1v) is 11.6. The fourth-order valence-corrected chi connectivity index (χ4v) is 5.27. The van der Waals surface area contributed by atoms with Gasteiger partial charge in [0.25, 0.3) is 0 Å². The predicted molar refractivity (Wildman–Crippen MR) is 123 cm³/mol. The van der Waals surface area contributed by atoms with Gasteiger partial charge in [-0.3, -0.25) is 9.79 Å². The van der Waals surface area contributed by atoms with Gasteiger partial charge in [0.1, 0.15) is 0 Å². The Labute approximate surface area is 190 Å². The summed E-state index contributed by atoms with van der Waals surface area (Å²) in [4.78, 5) is 19.1. The summed E-state index contributed by atoms with van der Waals surface area (Å²) in [6.07, 6.45) is 5.87. The smallest absolute Gasteiger partial charge is 0.231 e. The number of carbonyl (C=O) groups is 1. The molecule has 32 heavy (non-hydrogen) atoms. The van der Waals surface area contributed by atoms with Crippen LogP contribution in [-0.2, 0) is 14.9 Å². The van der Waals surface area contributed by atoms with Gasteiger partial charge >= 0.3 is 0 Å². The van der Waals surface area contributed by atoms with Crippen LogP contribution < -0.4 is 20.1 Å². The molecule has 0 unspecified atom stereocenters. The molecule has 1 amide bonds. The molecule has 0 spiro atoms. The fourth-order valence-electron chi connectivity index (χ4n) is 5.27. The maximum absolute atomic E-state index is 12.9. The Morgan fingerprint density at radius 1 is 1.03 bits per heavy atom. The lowest BCUT2D eigenvalue weighted by molar-refractivity contribution is -0.138. The minimum absolute atomic E-state index is 0.0820. The summed E-state index contributed by atoms with van der Waals surface area (Å²) in [5.74, 6) is 2.55. The van der Waals surface area contributed by atoms with Crippen molar-refractivity contribution in [3.63, 3.8) is 0 Å². The van der Waals surface area contributed by atoms with E-state index >= 15 is 0 Å². The number of hydrogen-bond donors (Lipinski definition) is 2. The number of carbonyl (C=O) groups excluding carboxylic acids is 1. The highest BCUT2D eigenvalue weighted by Gasteiger charge is 2.42. The molecule has 1 aromatic rings. The van der Waals surface area contributed by atoms with Gasteiger partial charge in [-0.2, -0.15) is 0 Å². The molecule has 1 saturated heterocycles. The number of aliphatic imine (C=N–C) groups is 1. The average molecular weight is 445 g/mol. The second kappa shape index (κ2) is 9.57. The van der Waals surface area contributed by atoms with Gasteiger partial charge < -0.3 is 29.7 Å². The lowest BCUT2D eigenvalue weighted by Gasteiger charge is -2.38. The molecule has 1 aromatic carbocycles. The number of fused-ring (bicyclic) bond motifs is 1. The van der Waals surface area contributed by atoms with Crippen molar-refractivity contribution in [2.24, 2.45) is 10.4 Å². The van der Waals surface area contributed by atoms with Gasteiger partial charge in [-0.05, 0) is 43.4 Å². The van der Waals surface area contributed by atoms with Gasteiger partial charge in [0.15, 0.2) is 17.5 Å². The molecule has 176 valence electrons. The summed E-state index contributed by atoms with van der Waals surface area (Å²) in [7, 11) is 5.47. The van der Waals surface area contributed by atoms with Gasteiger partial charge in [0.05, 0.1) is 5.41 Å². The van der Waals surface area contributed by atoms with Crippen molar-refractivity contribution in [3.05, 3.63) is 23.8 Å². The second-order valence-electron chi connectivity index (χ2n) is 9.43. The van der Waals surface area contributed by atoms with Crippen LogP contribution in [0.5, 0.6) is 11.5 Å². The van der Waals surface area contributed by atoms with Crippen LogP contribution in [0.1, 0.15) is 44.1 Å². The van der Waals surface area contributed by atoms with Crippen molar-refractivity contribution in [2.45, 2.75) is 43.9 Å². The van der Waals surface area contributed by atoms with Gasteiger partial charge in [-0.1, -0.05) is 18.9 Å². The van der Waals surface area contributed by atoms with Crippen molar-refractivity contribution < 1.29 is 19.0 Å². The van der Waals surface area contributed by atoms with E-state index < -0.39 is 0 Å². The van der Waals surface area contributed by atoms with Crippen molar-refractivity contribution in [2.75, 3.05) is 54.2 Å². The van der Waals surface area contributed by atoms with Crippen molar-refractivity contribution >= 4 is 11.9 Å². The van der Waals surface area contributed by atoms with Crippen molar-refractivity contribution in [3.8, 4) is 11.5 Å². The van der Waals surface area contributed by atoms with E-state index in [1.54, 1.807) is 11.9 Å². The molecule has 3 aliphatic rings. The molecule has 0 aromatic heterocycles. The minimum atomic E-state index is -0.338. The summed E-state index contributed by atoms with van der Waals surface area (Å²) in [6, 6.07) is 6.24. The Hall–Kier alpha value is -2.48. The van der Waals surface area contributed by atoms with Crippen LogP contribution in [0.25, 0.3) is 0 Å². The van der Waals surface area contributed by atoms with E-state index in [9.17, 15) is 4.79 Å². The predicted octanol–water partition coefficient (Wildman–Crippen LogP) is 2.28. The van der Waals surface area contributed by atoms with Gasteiger partial charge in [0.2, 0.25) is 12.7 Å². The zero-order valence-electron chi connectivity index (χ0n) is 19.5. The lowest BCUT2D eigenvalue weighted by atomic mass is 9.74. The van der Waals surface area contributed by atoms with E-state index in [1.807, 2.05) is 20.2 Å². The standard InChI is InChI=1S/C24H36N4O4/c1-25-22(27-16-24(8-4-5-9-24)21(29)28(2)3)26-15-23(10-12-30-13-11-23)18-6-7-19-20(14-18)32-17-31-19/h6-7,14H,4-5,8-13,15-17H2,1-3H3,(H2,25,26,27). The molecule has 4 rings (SSSR count). The summed E-state index contributed by atoms with van der Waals surface area (Å²) >= 11 is 0. The number of benzene rings is 1. The van der Waals surface area contributed by atoms with Gasteiger partial charge in [0, 0.05) is 52.9 Å². The fraction of sp³-hybridized carbons (Fsp3) is 0.667. The van der Waals surface area contributed by atoms with Crippen molar-refractivity contribution in [1.82, 2.24) is 15.5 Å². The molecule has 1 saturated carbocycles. The second-order valence-corrected chi connectivity index (χ2v) is 9.43. The van der Waals surface area contributed by atoms with E-state index in [4.69, 9.17) is 14.2 Å². The first-order chi connectivity index (χ1) is 15.5. The van der Waals surface area contributed by atoms with E-state index in [-0.39, 0.29) is 23.5 Å². The number of rotatable bonds is 6. The van der Waals surface area contributed by atoms with Crippen LogP contribution in [0.2, 0.25) is 0 Å². The van der Waals surface area contributed by atoms with E-state index in [1.165, 1.54) is 5.56 Å². The molecular formula is C24H36N4O4. The Morgan fingerprint density at radius 3 is 2.41 bits per heavy atom. The Kier molecular flexibility index (Phi) is 6.79. The molecule has 8 nitrogen and oxygen atoms in total. The third kappa shape index (κ3) is 4.51. The van der Waals surface area contributed by atoms with Crippen LogP contribution in [0.3, 0.4) is 0 Å². The molecule has 0 radical (unpaired) electrons. The maximum atomic E-state index is 12.9. The number of guanidine groups is 1. The Bertz CT molecular complexity index is 842. The summed E-state index contributed by atoms with van der Waals surface area (Å²) < 4.78 is 16.8. The molecule has 2 N–H and O–H groups in total. The average Bonchev–Trinajstić information content (AvgIpc) is 3.49. The molecule has 0 bridgehead atoms. The molecule has 8 heteroatoms. The number of ether oxygens (including phenoxy) is 3. The normalized spacial score (nSPS) is 21.3. The monoisotopic (exact) mass is 444 g/mol. The number of hydrogen-bond acceptors (Lipinski definition) is 5. The topological polar surface area (TPSA) is 84.4 Å². The number of nitrogens with zero attached hydrogens (tertiary/aromatic N) is 2. The maximum Gasteiger partial charge on any atom is 0.231 e.